The molecular weight excluding hydrogens is 253 g/mol. The molecule has 0 saturated carbocycles. The molecule has 0 spiro atoms. The van der Waals surface area contributed by atoms with Gasteiger partial charge >= 0.3 is 0 Å². The van der Waals surface area contributed by atoms with Gasteiger partial charge in [0.1, 0.15) is 5.82 Å². The summed E-state index contributed by atoms with van der Waals surface area (Å²) in [6, 6.07) is 3.04. The molecule has 2 rings (SSSR count). The summed E-state index contributed by atoms with van der Waals surface area (Å²) in [4.78, 5) is 13.8. The van der Waals surface area contributed by atoms with Crippen LogP contribution < -0.4 is 4.90 Å². The maximum atomic E-state index is 14.0. The highest BCUT2D eigenvalue weighted by molar-refractivity contribution is 6.30. The van der Waals surface area contributed by atoms with Gasteiger partial charge in [0.25, 0.3) is 0 Å². The summed E-state index contributed by atoms with van der Waals surface area (Å²) in [5.41, 5.74) is 1.26. The highest BCUT2D eigenvalue weighted by Crippen LogP contribution is 2.33. The van der Waals surface area contributed by atoms with E-state index in [4.69, 9.17) is 11.6 Å². The number of fused-ring (bicyclic) bond motifs is 1. The SMILES string of the molecule is CCC(C)C(=O)N1CCCc2cc(Cl)cc(F)c21. The van der Waals surface area contributed by atoms with Crippen LogP contribution >= 0.6 is 11.6 Å². The average Bonchev–Trinajstić information content (AvgIpc) is 2.35. The van der Waals surface area contributed by atoms with Crippen LogP contribution in [0.25, 0.3) is 0 Å². The number of amides is 1. The Kier molecular flexibility index (Phi) is 3.91. The molecule has 4 heteroatoms. The number of nitrogens with zero attached hydrogens (tertiary/aromatic N) is 1. The molecule has 1 aromatic carbocycles. The molecule has 0 aliphatic carbocycles. The van der Waals surface area contributed by atoms with Crippen molar-refractivity contribution >= 4 is 23.2 Å². The normalized spacial score (nSPS) is 16.3. The Morgan fingerprint density at radius 1 is 1.56 bits per heavy atom. The van der Waals surface area contributed by atoms with Crippen molar-refractivity contribution in [1.29, 1.82) is 0 Å². The van der Waals surface area contributed by atoms with Crippen LogP contribution in [0.2, 0.25) is 5.02 Å². The van der Waals surface area contributed by atoms with Gasteiger partial charge in [0, 0.05) is 17.5 Å². The molecule has 1 aliphatic heterocycles. The molecule has 0 bridgehead atoms. The van der Waals surface area contributed by atoms with Crippen LogP contribution in [0.5, 0.6) is 0 Å². The van der Waals surface area contributed by atoms with E-state index in [0.29, 0.717) is 17.3 Å². The minimum Gasteiger partial charge on any atom is -0.309 e. The summed E-state index contributed by atoms with van der Waals surface area (Å²) in [7, 11) is 0. The Morgan fingerprint density at radius 2 is 2.28 bits per heavy atom. The fourth-order valence-electron chi connectivity index (χ4n) is 2.31. The van der Waals surface area contributed by atoms with E-state index in [9.17, 15) is 9.18 Å². The van der Waals surface area contributed by atoms with E-state index in [2.05, 4.69) is 0 Å². The molecule has 0 saturated heterocycles. The van der Waals surface area contributed by atoms with Crippen LogP contribution in [0.3, 0.4) is 0 Å². The predicted octanol–water partition coefficient (Wildman–Crippen LogP) is 3.80. The quantitative estimate of drug-likeness (QED) is 0.800. The number of aryl methyl sites for hydroxylation is 1. The predicted molar refractivity (Wildman–Crippen MR) is 71.5 cm³/mol. The number of anilines is 1. The van der Waals surface area contributed by atoms with Crippen molar-refractivity contribution in [2.75, 3.05) is 11.4 Å². The van der Waals surface area contributed by atoms with Gasteiger partial charge in [-0.15, -0.1) is 0 Å². The summed E-state index contributed by atoms with van der Waals surface area (Å²) in [5.74, 6) is -0.473. The molecule has 1 amide bonds. The molecule has 1 heterocycles. The zero-order chi connectivity index (χ0) is 13.3. The van der Waals surface area contributed by atoms with Gasteiger partial charge in [0.05, 0.1) is 5.69 Å². The first-order valence-corrected chi connectivity index (χ1v) is 6.71. The summed E-state index contributed by atoms with van der Waals surface area (Å²) >= 11 is 5.86. The Bertz CT molecular complexity index is 475. The van der Waals surface area contributed by atoms with E-state index in [1.165, 1.54) is 6.07 Å². The van der Waals surface area contributed by atoms with E-state index in [1.54, 1.807) is 11.0 Å². The summed E-state index contributed by atoms with van der Waals surface area (Å²) < 4.78 is 14.0. The van der Waals surface area contributed by atoms with E-state index in [1.807, 2.05) is 13.8 Å². The maximum Gasteiger partial charge on any atom is 0.229 e. The topological polar surface area (TPSA) is 20.3 Å². The Morgan fingerprint density at radius 3 is 2.94 bits per heavy atom. The lowest BCUT2D eigenvalue weighted by Crippen LogP contribution is -2.39. The van der Waals surface area contributed by atoms with Crippen LogP contribution in [0, 0.1) is 11.7 Å². The number of hydrogen-bond acceptors (Lipinski definition) is 1. The Hall–Kier alpha value is -1.09. The van der Waals surface area contributed by atoms with Crippen molar-refractivity contribution in [1.82, 2.24) is 0 Å². The van der Waals surface area contributed by atoms with E-state index < -0.39 is 5.82 Å². The maximum absolute atomic E-state index is 14.0. The van der Waals surface area contributed by atoms with Crippen molar-refractivity contribution in [3.8, 4) is 0 Å². The second-order valence-corrected chi connectivity index (χ2v) is 5.23. The number of benzene rings is 1. The molecule has 1 aliphatic rings. The fraction of sp³-hybridized carbons (Fsp3) is 0.500. The van der Waals surface area contributed by atoms with Gasteiger partial charge in [0.15, 0.2) is 0 Å². The zero-order valence-electron chi connectivity index (χ0n) is 10.7. The average molecular weight is 270 g/mol. The second kappa shape index (κ2) is 5.27. The van der Waals surface area contributed by atoms with Gasteiger partial charge in [-0.25, -0.2) is 4.39 Å². The number of rotatable bonds is 2. The molecule has 1 unspecified atom stereocenters. The molecule has 0 radical (unpaired) electrons. The minimum absolute atomic E-state index is 0.000303. The minimum atomic E-state index is -0.395. The lowest BCUT2D eigenvalue weighted by Gasteiger charge is -2.31. The molecule has 1 aromatic rings. The highest BCUT2D eigenvalue weighted by atomic mass is 35.5. The van der Waals surface area contributed by atoms with E-state index in [-0.39, 0.29) is 11.8 Å². The van der Waals surface area contributed by atoms with E-state index in [0.717, 1.165) is 24.8 Å². The molecular formula is C14H17ClFNO. The molecule has 98 valence electrons. The first kappa shape index (κ1) is 13.3. The number of carbonyl (C=O) groups excluding carboxylic acids is 1. The molecule has 0 fully saturated rings. The lowest BCUT2D eigenvalue weighted by atomic mass is 9.98. The molecule has 18 heavy (non-hydrogen) atoms. The molecule has 0 aromatic heterocycles. The number of hydrogen-bond donors (Lipinski definition) is 0. The smallest absolute Gasteiger partial charge is 0.229 e. The highest BCUT2D eigenvalue weighted by Gasteiger charge is 2.28. The van der Waals surface area contributed by atoms with Crippen molar-refractivity contribution in [2.45, 2.75) is 33.1 Å². The summed E-state index contributed by atoms with van der Waals surface area (Å²) in [6.07, 6.45) is 2.39. The van der Waals surface area contributed by atoms with Gasteiger partial charge in [-0.2, -0.15) is 0 Å². The zero-order valence-corrected chi connectivity index (χ0v) is 11.4. The number of halogens is 2. The largest absolute Gasteiger partial charge is 0.309 e. The fourth-order valence-corrected chi connectivity index (χ4v) is 2.54. The van der Waals surface area contributed by atoms with Crippen LogP contribution in [-0.4, -0.2) is 12.5 Å². The van der Waals surface area contributed by atoms with Crippen molar-refractivity contribution in [2.24, 2.45) is 5.92 Å². The second-order valence-electron chi connectivity index (χ2n) is 4.80. The molecule has 1 atom stereocenters. The Labute approximate surface area is 112 Å². The summed E-state index contributed by atoms with van der Waals surface area (Å²) in [5, 5.41) is 0.393. The lowest BCUT2D eigenvalue weighted by molar-refractivity contribution is -0.122. The monoisotopic (exact) mass is 269 g/mol. The van der Waals surface area contributed by atoms with Gasteiger partial charge in [-0.1, -0.05) is 25.4 Å². The first-order valence-electron chi connectivity index (χ1n) is 6.34. The number of carbonyl (C=O) groups is 1. The van der Waals surface area contributed by atoms with E-state index >= 15 is 0 Å². The third-order valence-corrected chi connectivity index (χ3v) is 3.72. The van der Waals surface area contributed by atoms with Crippen LogP contribution in [0.4, 0.5) is 10.1 Å². The Balaban J connectivity index is 2.42. The van der Waals surface area contributed by atoms with Crippen LogP contribution in [0.1, 0.15) is 32.3 Å². The van der Waals surface area contributed by atoms with Gasteiger partial charge in [0.2, 0.25) is 5.91 Å². The van der Waals surface area contributed by atoms with Gasteiger partial charge in [-0.3, -0.25) is 4.79 Å². The third kappa shape index (κ3) is 2.37. The van der Waals surface area contributed by atoms with Crippen LogP contribution in [-0.2, 0) is 11.2 Å². The van der Waals surface area contributed by atoms with Crippen molar-refractivity contribution < 1.29 is 9.18 Å². The van der Waals surface area contributed by atoms with Crippen molar-refractivity contribution in [3.05, 3.63) is 28.5 Å². The molecule has 0 N–H and O–H groups in total. The van der Waals surface area contributed by atoms with Crippen LogP contribution in [0.15, 0.2) is 12.1 Å². The summed E-state index contributed by atoms with van der Waals surface area (Å²) in [6.45, 7) is 4.44. The van der Waals surface area contributed by atoms with Gasteiger partial charge in [-0.05, 0) is 37.0 Å². The standard InChI is InChI=1S/C14H17ClFNO/c1-3-9(2)14(18)17-6-4-5-10-7-11(15)8-12(16)13(10)17/h7-9H,3-6H2,1-2H3. The first-order chi connectivity index (χ1) is 8.54. The van der Waals surface area contributed by atoms with Gasteiger partial charge < -0.3 is 4.90 Å². The third-order valence-electron chi connectivity index (χ3n) is 3.50. The molecule has 2 nitrogen and oxygen atoms in total. The van der Waals surface area contributed by atoms with Crippen molar-refractivity contribution in [3.63, 3.8) is 0 Å².